The summed E-state index contributed by atoms with van der Waals surface area (Å²) in [5.41, 5.74) is 0. The van der Waals surface area contributed by atoms with Gasteiger partial charge in [-0.05, 0) is 0 Å². The fourth-order valence-corrected chi connectivity index (χ4v) is 0. The number of hydrogen-bond acceptors (Lipinski definition) is 1. The van der Waals surface area contributed by atoms with Crippen LogP contribution in [0.3, 0.4) is 0 Å². The molecular weight excluding hydrogens is 317 g/mol. The summed E-state index contributed by atoms with van der Waals surface area (Å²) in [4.78, 5) is 0. The topological polar surface area (TPSA) is 17.1 Å². The second kappa shape index (κ2) is 19.2. The van der Waals surface area contributed by atoms with Crippen LogP contribution >= 0.6 is 0 Å². The molecular formula is H3CdGaOSn. The minimum atomic E-state index is 0. The van der Waals surface area contributed by atoms with Crippen molar-refractivity contribution in [2.24, 2.45) is 0 Å². The van der Waals surface area contributed by atoms with Gasteiger partial charge in [0.15, 0.2) is 0 Å². The molecule has 2 radical (unpaired) electrons. The molecule has 0 aliphatic carbocycles. The van der Waals surface area contributed by atoms with E-state index in [0.717, 1.165) is 0 Å². The molecule has 0 amide bonds. The van der Waals surface area contributed by atoms with Crippen molar-refractivity contribution in [3.05, 3.63) is 0 Å². The Kier molecular flexibility index (Phi) is 78.7. The van der Waals surface area contributed by atoms with Crippen molar-refractivity contribution in [2.45, 2.75) is 0 Å². The summed E-state index contributed by atoms with van der Waals surface area (Å²) in [6.45, 7) is 0. The zero-order chi connectivity index (χ0) is 2.00. The Labute approximate surface area is 71.6 Å². The van der Waals surface area contributed by atoms with Gasteiger partial charge in [-0.1, -0.05) is 0 Å². The van der Waals surface area contributed by atoms with Gasteiger partial charge in [-0.25, -0.2) is 0 Å². The summed E-state index contributed by atoms with van der Waals surface area (Å²) in [5.74, 6) is 0. The van der Waals surface area contributed by atoms with E-state index in [4.69, 9.17) is 3.08 Å². The maximum atomic E-state index is 8.34. The van der Waals surface area contributed by atoms with Crippen molar-refractivity contribution in [2.75, 3.05) is 0 Å². The van der Waals surface area contributed by atoms with Crippen LogP contribution in [0.15, 0.2) is 0 Å². The molecule has 0 fully saturated rings. The molecule has 0 saturated heterocycles. The van der Waals surface area contributed by atoms with E-state index in [0.29, 0.717) is 22.5 Å². The first-order chi connectivity index (χ1) is 1.00. The van der Waals surface area contributed by atoms with E-state index in [-0.39, 0.29) is 47.1 Å². The zero-order valence-electron chi connectivity index (χ0n) is 1.62. The maximum absolute atomic E-state index is 8.34. The molecule has 0 saturated carbocycles. The van der Waals surface area contributed by atoms with E-state index >= 15 is 0 Å². The van der Waals surface area contributed by atoms with Crippen LogP contribution in [0.2, 0.25) is 0 Å². The second-order valence-electron chi connectivity index (χ2n) is 0. The fourth-order valence-electron chi connectivity index (χ4n) is 0. The average molecular weight is 320 g/mol. The van der Waals surface area contributed by atoms with Gasteiger partial charge in [0.25, 0.3) is 0 Å². The van der Waals surface area contributed by atoms with Gasteiger partial charge < -0.3 is 0 Å². The first kappa shape index (κ1) is 16.4. The Morgan fingerprint density at radius 1 is 1.25 bits per heavy atom. The van der Waals surface area contributed by atoms with Crippen molar-refractivity contribution < 1.29 is 30.4 Å². The van der Waals surface area contributed by atoms with Crippen LogP contribution in [0.1, 0.15) is 0 Å². The molecule has 0 bridgehead atoms. The van der Waals surface area contributed by atoms with Crippen molar-refractivity contribution in [3.8, 4) is 0 Å². The van der Waals surface area contributed by atoms with E-state index in [1.807, 2.05) is 0 Å². The molecule has 4 heavy (non-hydrogen) atoms. The summed E-state index contributed by atoms with van der Waals surface area (Å²) in [6.07, 6.45) is 0. The van der Waals surface area contributed by atoms with Crippen LogP contribution in [0.25, 0.3) is 0 Å². The molecule has 0 unspecified atom stereocenters. The van der Waals surface area contributed by atoms with Crippen LogP contribution in [-0.4, -0.2) is 42.3 Å². The summed E-state index contributed by atoms with van der Waals surface area (Å²) in [6, 6.07) is 0. The number of hydrogen-bond donors (Lipinski definition) is 0. The summed E-state index contributed by atoms with van der Waals surface area (Å²) in [7, 11) is 0. The monoisotopic (exact) mass is 322 g/mol. The molecule has 0 N–H and O–H groups in total. The van der Waals surface area contributed by atoms with Crippen molar-refractivity contribution in [3.63, 3.8) is 0 Å². The quantitative estimate of drug-likeness (QED) is 0.487. The zero-order valence-corrected chi connectivity index (χ0v) is 8.51. The third-order valence-corrected chi connectivity index (χ3v) is 0. The molecule has 0 aromatic heterocycles. The predicted octanol–water partition coefficient (Wildman–Crippen LogP) is -1.69. The van der Waals surface area contributed by atoms with Gasteiger partial charge in [0.1, 0.15) is 0 Å². The van der Waals surface area contributed by atoms with Gasteiger partial charge in [0, 0.05) is 27.3 Å². The summed E-state index contributed by atoms with van der Waals surface area (Å²) < 4.78 is 8.34. The molecule has 1 nitrogen and oxygen atoms in total. The van der Waals surface area contributed by atoms with E-state index in [1.165, 1.54) is 0 Å². The van der Waals surface area contributed by atoms with Gasteiger partial charge in [0.05, 0.1) is 0 Å². The van der Waals surface area contributed by atoms with Gasteiger partial charge in [-0.2, -0.15) is 0 Å². The molecule has 4 heteroatoms. The van der Waals surface area contributed by atoms with Crippen LogP contribution in [0.5, 0.6) is 0 Å². The van der Waals surface area contributed by atoms with Crippen molar-refractivity contribution in [1.82, 2.24) is 0 Å². The summed E-state index contributed by atoms with van der Waals surface area (Å²) >= 11 is 0.300. The second-order valence-corrected chi connectivity index (χ2v) is 0. The van der Waals surface area contributed by atoms with Crippen molar-refractivity contribution >= 4 is 42.3 Å². The Morgan fingerprint density at radius 3 is 1.25 bits per heavy atom. The molecule has 0 heterocycles. The molecule has 0 aliphatic heterocycles. The Bertz CT molecular complexity index is 8.00. The van der Waals surface area contributed by atoms with Crippen LogP contribution in [0.4, 0.5) is 0 Å². The van der Waals surface area contributed by atoms with E-state index in [9.17, 15) is 0 Å². The van der Waals surface area contributed by atoms with Crippen LogP contribution < -0.4 is 0 Å². The Morgan fingerprint density at radius 2 is 1.25 bits per heavy atom. The van der Waals surface area contributed by atoms with Gasteiger partial charge in [0.2, 0.25) is 0 Å². The van der Waals surface area contributed by atoms with E-state index in [1.54, 1.807) is 0 Å². The Balaban J connectivity index is -0.00000000500. The molecule has 0 atom stereocenters. The van der Waals surface area contributed by atoms with Gasteiger partial charge >= 0.3 is 45.4 Å². The van der Waals surface area contributed by atoms with Crippen molar-refractivity contribution in [1.29, 1.82) is 0 Å². The van der Waals surface area contributed by atoms with Crippen LogP contribution in [-0.2, 0) is 30.4 Å². The standard InChI is InChI=1S/Cd.Ga.O.Sn.3H. The molecule has 0 aromatic carbocycles. The fraction of sp³-hybridized carbons (Fsp3) is 0. The van der Waals surface area contributed by atoms with Crippen LogP contribution in [0, 0.1) is 0 Å². The van der Waals surface area contributed by atoms with Gasteiger partial charge in [-0.3, -0.25) is 0 Å². The molecule has 0 rings (SSSR count). The normalized spacial score (nSPS) is 1.00. The van der Waals surface area contributed by atoms with Gasteiger partial charge in [-0.15, -0.1) is 0 Å². The Hall–Kier alpha value is 2.16. The first-order valence-corrected chi connectivity index (χ1v) is 1.37. The first-order valence-electron chi connectivity index (χ1n) is 0.204. The molecule has 0 aromatic rings. The molecule has 18 valence electrons. The average Bonchev–Trinajstić information content (AvgIpc) is 1.00. The predicted molar refractivity (Wildman–Crippen MR) is 16.4 cm³/mol. The van der Waals surface area contributed by atoms with E-state index in [2.05, 4.69) is 0 Å². The number of rotatable bonds is 0. The molecule has 0 spiro atoms. The van der Waals surface area contributed by atoms with E-state index < -0.39 is 0 Å². The third-order valence-electron chi connectivity index (χ3n) is 0. The summed E-state index contributed by atoms with van der Waals surface area (Å²) in [5, 5.41) is 0. The SMILES string of the molecule is [Cd].[GaH3].[O]=[Sn]. The minimum absolute atomic E-state index is 0. The molecule has 0 aliphatic rings. The third kappa shape index (κ3) is 8.90.